The monoisotopic (exact) mass is 303 g/mol. The average molecular weight is 303 g/mol. The summed E-state index contributed by atoms with van der Waals surface area (Å²) in [6, 6.07) is 23.2. The van der Waals surface area contributed by atoms with Gasteiger partial charge in [0, 0.05) is 18.0 Å². The lowest BCUT2D eigenvalue weighted by atomic mass is 10.2. The number of anilines is 1. The minimum absolute atomic E-state index is 0.160. The number of carbonyl (C=O) groups excluding carboxylic acids is 1. The van der Waals surface area contributed by atoms with Crippen LogP contribution < -0.4 is 10.4 Å². The van der Waals surface area contributed by atoms with Crippen LogP contribution in [0.4, 0.5) is 5.69 Å². The van der Waals surface area contributed by atoms with Gasteiger partial charge in [0.2, 0.25) is 0 Å². The smallest absolute Gasteiger partial charge is 0.269 e. The predicted octanol–water partition coefficient (Wildman–Crippen LogP) is 3.43. The van der Waals surface area contributed by atoms with Crippen LogP contribution in [0.2, 0.25) is 0 Å². The second kappa shape index (κ2) is 7.22. The van der Waals surface area contributed by atoms with E-state index in [4.69, 9.17) is 0 Å². The molecule has 0 aliphatic heterocycles. The van der Waals surface area contributed by atoms with Crippen molar-refractivity contribution in [2.75, 3.05) is 5.01 Å². The van der Waals surface area contributed by atoms with Crippen molar-refractivity contribution in [2.45, 2.75) is 6.54 Å². The number of hydrazine groups is 1. The molecule has 1 aromatic heterocycles. The predicted molar refractivity (Wildman–Crippen MR) is 90.8 cm³/mol. The Balaban J connectivity index is 1.82. The number of aromatic nitrogens is 1. The lowest BCUT2D eigenvalue weighted by Gasteiger charge is -2.25. The first kappa shape index (κ1) is 14.8. The summed E-state index contributed by atoms with van der Waals surface area (Å²) in [5.74, 6) is -0.160. The molecule has 0 fully saturated rings. The molecule has 114 valence electrons. The molecule has 2 aromatic carbocycles. The van der Waals surface area contributed by atoms with E-state index in [0.717, 1.165) is 11.3 Å². The fraction of sp³-hybridized carbons (Fsp3) is 0.0526. The summed E-state index contributed by atoms with van der Waals surface area (Å²) in [4.78, 5) is 16.4. The molecule has 0 radical (unpaired) electrons. The Hall–Kier alpha value is -3.14. The molecule has 0 spiro atoms. The maximum atomic E-state index is 12.4. The molecule has 0 aliphatic carbocycles. The summed E-state index contributed by atoms with van der Waals surface area (Å²) < 4.78 is 0. The van der Waals surface area contributed by atoms with Crippen molar-refractivity contribution in [1.82, 2.24) is 10.4 Å². The van der Waals surface area contributed by atoms with E-state index in [1.54, 1.807) is 24.5 Å². The van der Waals surface area contributed by atoms with E-state index in [-0.39, 0.29) is 5.91 Å². The molecule has 0 unspecified atom stereocenters. The zero-order valence-electron chi connectivity index (χ0n) is 12.6. The zero-order valence-corrected chi connectivity index (χ0v) is 12.6. The van der Waals surface area contributed by atoms with Crippen molar-refractivity contribution in [2.24, 2.45) is 0 Å². The maximum Gasteiger partial charge on any atom is 0.269 e. The summed E-state index contributed by atoms with van der Waals surface area (Å²) >= 11 is 0. The lowest BCUT2D eigenvalue weighted by molar-refractivity contribution is 0.0948. The number of carbonyl (C=O) groups is 1. The number of pyridine rings is 1. The van der Waals surface area contributed by atoms with Crippen molar-refractivity contribution >= 4 is 11.6 Å². The molecular formula is C19H17N3O. The fourth-order valence-corrected chi connectivity index (χ4v) is 2.26. The number of amides is 1. The summed E-state index contributed by atoms with van der Waals surface area (Å²) in [6.07, 6.45) is 3.22. The van der Waals surface area contributed by atoms with Crippen molar-refractivity contribution < 1.29 is 4.79 Å². The number of hydrogen-bond donors (Lipinski definition) is 1. The highest BCUT2D eigenvalue weighted by Gasteiger charge is 2.12. The molecule has 3 rings (SSSR count). The Morgan fingerprint density at radius 3 is 2.13 bits per heavy atom. The van der Waals surface area contributed by atoms with Crippen LogP contribution in [0.3, 0.4) is 0 Å². The molecule has 0 saturated carbocycles. The number of para-hydroxylation sites is 1. The van der Waals surface area contributed by atoms with E-state index in [1.807, 2.05) is 65.7 Å². The highest BCUT2D eigenvalue weighted by molar-refractivity contribution is 5.94. The summed E-state index contributed by atoms with van der Waals surface area (Å²) in [5, 5.41) is 1.85. The third-order valence-corrected chi connectivity index (χ3v) is 3.43. The van der Waals surface area contributed by atoms with Crippen LogP contribution in [0.15, 0.2) is 85.2 Å². The van der Waals surface area contributed by atoms with Crippen LogP contribution in [-0.2, 0) is 6.54 Å². The lowest BCUT2D eigenvalue weighted by Crippen LogP contribution is -2.42. The van der Waals surface area contributed by atoms with Crippen molar-refractivity contribution in [3.8, 4) is 0 Å². The molecule has 3 aromatic rings. The number of benzene rings is 2. The van der Waals surface area contributed by atoms with Crippen LogP contribution in [0.25, 0.3) is 0 Å². The van der Waals surface area contributed by atoms with Gasteiger partial charge >= 0.3 is 0 Å². The summed E-state index contributed by atoms with van der Waals surface area (Å²) in [7, 11) is 0. The van der Waals surface area contributed by atoms with E-state index < -0.39 is 0 Å². The van der Waals surface area contributed by atoms with Gasteiger partial charge in [-0.25, -0.2) is 0 Å². The zero-order chi connectivity index (χ0) is 15.9. The molecule has 1 heterocycles. The molecule has 0 atom stereocenters. The van der Waals surface area contributed by atoms with Crippen LogP contribution in [0.1, 0.15) is 15.9 Å². The molecule has 4 nitrogen and oxygen atoms in total. The van der Waals surface area contributed by atoms with Crippen LogP contribution in [-0.4, -0.2) is 10.9 Å². The first-order chi connectivity index (χ1) is 11.3. The van der Waals surface area contributed by atoms with Gasteiger partial charge in [-0.15, -0.1) is 0 Å². The highest BCUT2D eigenvalue weighted by Crippen LogP contribution is 2.15. The third kappa shape index (κ3) is 3.95. The second-order valence-electron chi connectivity index (χ2n) is 5.08. The minimum Gasteiger partial charge on any atom is -0.281 e. The van der Waals surface area contributed by atoms with E-state index >= 15 is 0 Å². The number of nitrogens with one attached hydrogen (secondary N) is 1. The Labute approximate surface area is 135 Å². The Morgan fingerprint density at radius 1 is 0.870 bits per heavy atom. The Kier molecular flexibility index (Phi) is 4.64. The summed E-state index contributed by atoms with van der Waals surface area (Å²) in [5.41, 5.74) is 5.59. The largest absolute Gasteiger partial charge is 0.281 e. The molecule has 4 heteroatoms. The molecule has 0 bridgehead atoms. The van der Waals surface area contributed by atoms with Gasteiger partial charge in [0.05, 0.1) is 12.2 Å². The van der Waals surface area contributed by atoms with Crippen LogP contribution >= 0.6 is 0 Å². The molecular weight excluding hydrogens is 286 g/mol. The number of rotatable bonds is 5. The third-order valence-electron chi connectivity index (χ3n) is 3.43. The van der Waals surface area contributed by atoms with Crippen molar-refractivity contribution in [3.63, 3.8) is 0 Å². The van der Waals surface area contributed by atoms with Crippen LogP contribution in [0.5, 0.6) is 0 Å². The van der Waals surface area contributed by atoms with Gasteiger partial charge < -0.3 is 0 Å². The maximum absolute atomic E-state index is 12.4. The first-order valence-corrected chi connectivity index (χ1v) is 7.40. The first-order valence-electron chi connectivity index (χ1n) is 7.40. The molecule has 0 saturated heterocycles. The van der Waals surface area contributed by atoms with E-state index in [9.17, 15) is 4.79 Å². The van der Waals surface area contributed by atoms with Crippen LogP contribution in [0, 0.1) is 0 Å². The quantitative estimate of drug-likeness (QED) is 0.734. The SMILES string of the molecule is O=C(NN(Cc1ccccc1)c1ccccc1)c1ccncc1. The molecule has 23 heavy (non-hydrogen) atoms. The normalized spacial score (nSPS) is 10.1. The van der Waals surface area contributed by atoms with Gasteiger partial charge in [0.15, 0.2) is 0 Å². The number of nitrogens with zero attached hydrogens (tertiary/aromatic N) is 2. The van der Waals surface area contributed by atoms with E-state index in [2.05, 4.69) is 10.4 Å². The molecule has 1 N–H and O–H groups in total. The summed E-state index contributed by atoms with van der Waals surface area (Å²) in [6.45, 7) is 0.585. The second-order valence-corrected chi connectivity index (χ2v) is 5.08. The average Bonchev–Trinajstić information content (AvgIpc) is 2.63. The van der Waals surface area contributed by atoms with E-state index in [1.165, 1.54) is 0 Å². The van der Waals surface area contributed by atoms with Gasteiger partial charge in [-0.3, -0.25) is 20.2 Å². The van der Waals surface area contributed by atoms with Gasteiger partial charge in [-0.2, -0.15) is 0 Å². The topological polar surface area (TPSA) is 45.2 Å². The fourth-order valence-electron chi connectivity index (χ4n) is 2.26. The molecule has 1 amide bonds. The standard InChI is InChI=1S/C19H17N3O/c23-19(17-11-13-20-14-12-17)21-22(18-9-5-2-6-10-18)15-16-7-3-1-4-8-16/h1-14H,15H2,(H,21,23). The minimum atomic E-state index is -0.160. The van der Waals surface area contributed by atoms with Gasteiger partial charge in [0.25, 0.3) is 5.91 Å². The molecule has 0 aliphatic rings. The number of hydrogen-bond acceptors (Lipinski definition) is 3. The van der Waals surface area contributed by atoms with Gasteiger partial charge in [-0.1, -0.05) is 48.5 Å². The van der Waals surface area contributed by atoms with Crippen molar-refractivity contribution in [1.29, 1.82) is 0 Å². The van der Waals surface area contributed by atoms with E-state index in [0.29, 0.717) is 12.1 Å². The van der Waals surface area contributed by atoms with Gasteiger partial charge in [0.1, 0.15) is 0 Å². The Bertz CT molecular complexity index is 745. The Morgan fingerprint density at radius 2 is 1.48 bits per heavy atom. The highest BCUT2D eigenvalue weighted by atomic mass is 16.2. The van der Waals surface area contributed by atoms with Crippen molar-refractivity contribution in [3.05, 3.63) is 96.3 Å². The van der Waals surface area contributed by atoms with Gasteiger partial charge in [-0.05, 0) is 29.8 Å².